The first-order valence-electron chi connectivity index (χ1n) is 5.64. The van der Waals surface area contributed by atoms with Gasteiger partial charge in [0.05, 0.1) is 12.6 Å². The maximum Gasteiger partial charge on any atom is 0.408 e. The van der Waals surface area contributed by atoms with E-state index in [4.69, 9.17) is 5.11 Å². The zero-order valence-electron chi connectivity index (χ0n) is 10.5. The standard InChI is InChI=1S/C12H17N3O2/c1-6-7(2)14-11(13-4)9-5-15(12(16)17)8(3)10(6)9/h8H,5H2,1-4H3,(H,13,14)(H,16,17). The summed E-state index contributed by atoms with van der Waals surface area (Å²) in [5, 5.41) is 12.2. The molecule has 2 heterocycles. The monoisotopic (exact) mass is 235 g/mol. The molecule has 1 amide bonds. The van der Waals surface area contributed by atoms with E-state index in [1.165, 1.54) is 4.90 Å². The molecule has 0 spiro atoms. The number of aromatic nitrogens is 1. The lowest BCUT2D eigenvalue weighted by molar-refractivity contribution is 0.132. The molecule has 0 saturated heterocycles. The van der Waals surface area contributed by atoms with Gasteiger partial charge in [-0.1, -0.05) is 0 Å². The van der Waals surface area contributed by atoms with Crippen molar-refractivity contribution < 1.29 is 9.90 Å². The highest BCUT2D eigenvalue weighted by Gasteiger charge is 2.34. The molecule has 0 fully saturated rings. The number of pyridine rings is 1. The Morgan fingerprint density at radius 1 is 1.53 bits per heavy atom. The Morgan fingerprint density at radius 2 is 2.18 bits per heavy atom. The van der Waals surface area contributed by atoms with Crippen LogP contribution < -0.4 is 5.32 Å². The van der Waals surface area contributed by atoms with Crippen LogP contribution in [0.3, 0.4) is 0 Å². The van der Waals surface area contributed by atoms with Gasteiger partial charge in [0.15, 0.2) is 0 Å². The molecule has 2 rings (SSSR count). The van der Waals surface area contributed by atoms with Gasteiger partial charge in [0.25, 0.3) is 0 Å². The highest BCUT2D eigenvalue weighted by molar-refractivity contribution is 5.69. The van der Waals surface area contributed by atoms with Crippen molar-refractivity contribution in [2.24, 2.45) is 0 Å². The predicted molar refractivity (Wildman–Crippen MR) is 65.2 cm³/mol. The average Bonchev–Trinajstić information content (AvgIpc) is 2.62. The summed E-state index contributed by atoms with van der Waals surface area (Å²) in [6.07, 6.45) is -0.882. The molecule has 1 aromatic heterocycles. The molecule has 5 nitrogen and oxygen atoms in total. The van der Waals surface area contributed by atoms with Crippen LogP contribution in [-0.2, 0) is 6.54 Å². The van der Waals surface area contributed by atoms with Gasteiger partial charge in [-0.25, -0.2) is 9.78 Å². The molecule has 1 aromatic rings. The number of carbonyl (C=O) groups is 1. The lowest BCUT2D eigenvalue weighted by atomic mass is 9.99. The van der Waals surface area contributed by atoms with Gasteiger partial charge in [-0.2, -0.15) is 0 Å². The predicted octanol–water partition coefficient (Wildman–Crippen LogP) is 2.29. The number of nitrogens with one attached hydrogen (secondary N) is 1. The number of amides is 1. The SMILES string of the molecule is CNc1nc(C)c(C)c2c1CN(C(=O)O)C2C. The third-order valence-corrected chi connectivity index (χ3v) is 3.53. The molecule has 0 aliphatic carbocycles. The molecule has 1 unspecified atom stereocenters. The summed E-state index contributed by atoms with van der Waals surface area (Å²) < 4.78 is 0. The second kappa shape index (κ2) is 3.91. The number of anilines is 1. The Balaban J connectivity index is 2.60. The maximum atomic E-state index is 11.2. The first-order chi connectivity index (χ1) is 7.97. The van der Waals surface area contributed by atoms with Crippen LogP contribution >= 0.6 is 0 Å². The summed E-state index contributed by atoms with van der Waals surface area (Å²) >= 11 is 0. The van der Waals surface area contributed by atoms with E-state index in [2.05, 4.69) is 10.3 Å². The Labute approximate surface area is 100 Å². The molecule has 1 aliphatic rings. The quantitative estimate of drug-likeness (QED) is 0.783. The van der Waals surface area contributed by atoms with Crippen molar-refractivity contribution in [3.8, 4) is 0 Å². The largest absolute Gasteiger partial charge is 0.465 e. The first-order valence-corrected chi connectivity index (χ1v) is 5.64. The first kappa shape index (κ1) is 11.7. The van der Waals surface area contributed by atoms with E-state index >= 15 is 0 Å². The molecule has 17 heavy (non-hydrogen) atoms. The molecular weight excluding hydrogens is 218 g/mol. The van der Waals surface area contributed by atoms with Gasteiger partial charge >= 0.3 is 6.09 Å². The number of nitrogens with zero attached hydrogens (tertiary/aromatic N) is 2. The molecule has 1 atom stereocenters. The minimum absolute atomic E-state index is 0.101. The van der Waals surface area contributed by atoms with E-state index in [9.17, 15) is 4.79 Å². The topological polar surface area (TPSA) is 65.5 Å². The fourth-order valence-electron chi connectivity index (χ4n) is 2.50. The van der Waals surface area contributed by atoms with E-state index in [-0.39, 0.29) is 6.04 Å². The molecule has 92 valence electrons. The van der Waals surface area contributed by atoms with Crippen molar-refractivity contribution in [2.45, 2.75) is 33.4 Å². The molecule has 5 heteroatoms. The number of fused-ring (bicyclic) bond motifs is 1. The van der Waals surface area contributed by atoms with E-state index in [1.807, 2.05) is 27.8 Å². The lowest BCUT2D eigenvalue weighted by Crippen LogP contribution is -2.26. The van der Waals surface area contributed by atoms with Gasteiger partial charge in [-0.15, -0.1) is 0 Å². The summed E-state index contributed by atoms with van der Waals surface area (Å²) in [5.74, 6) is 0.790. The van der Waals surface area contributed by atoms with Gasteiger partial charge in [-0.3, -0.25) is 4.90 Å². The Hall–Kier alpha value is -1.78. The summed E-state index contributed by atoms with van der Waals surface area (Å²) in [4.78, 5) is 17.1. The number of aryl methyl sites for hydroxylation is 1. The van der Waals surface area contributed by atoms with E-state index < -0.39 is 6.09 Å². The molecule has 2 N–H and O–H groups in total. The van der Waals surface area contributed by atoms with Crippen molar-refractivity contribution in [3.05, 3.63) is 22.4 Å². The number of hydrogen-bond donors (Lipinski definition) is 2. The molecular formula is C12H17N3O2. The van der Waals surface area contributed by atoms with Crippen molar-refractivity contribution in [2.75, 3.05) is 12.4 Å². The van der Waals surface area contributed by atoms with Gasteiger partial charge in [-0.05, 0) is 31.9 Å². The third-order valence-electron chi connectivity index (χ3n) is 3.53. The van der Waals surface area contributed by atoms with Crippen LogP contribution in [0.15, 0.2) is 0 Å². The molecule has 1 aliphatic heterocycles. The second-order valence-corrected chi connectivity index (χ2v) is 4.40. The Kier molecular flexibility index (Phi) is 2.69. The number of hydrogen-bond acceptors (Lipinski definition) is 3. The van der Waals surface area contributed by atoms with Crippen molar-refractivity contribution in [1.82, 2.24) is 9.88 Å². The summed E-state index contributed by atoms with van der Waals surface area (Å²) in [5.41, 5.74) is 4.15. The van der Waals surface area contributed by atoms with Crippen molar-refractivity contribution >= 4 is 11.9 Å². The molecule has 0 radical (unpaired) electrons. The highest BCUT2D eigenvalue weighted by atomic mass is 16.4. The van der Waals surface area contributed by atoms with Crippen LogP contribution in [0, 0.1) is 13.8 Å². The van der Waals surface area contributed by atoms with Crippen LogP contribution in [0.25, 0.3) is 0 Å². The lowest BCUT2D eigenvalue weighted by Gasteiger charge is -2.18. The summed E-state index contributed by atoms with van der Waals surface area (Å²) in [6, 6.07) is -0.101. The minimum atomic E-state index is -0.882. The second-order valence-electron chi connectivity index (χ2n) is 4.40. The van der Waals surface area contributed by atoms with Gasteiger partial charge in [0.1, 0.15) is 5.82 Å². The van der Waals surface area contributed by atoms with E-state index in [0.29, 0.717) is 6.54 Å². The van der Waals surface area contributed by atoms with Crippen LogP contribution in [0.1, 0.15) is 35.3 Å². The zero-order valence-corrected chi connectivity index (χ0v) is 10.5. The van der Waals surface area contributed by atoms with E-state index in [0.717, 1.165) is 28.2 Å². The fraction of sp³-hybridized carbons (Fsp3) is 0.500. The molecule has 0 bridgehead atoms. The van der Waals surface area contributed by atoms with Gasteiger partial charge in [0, 0.05) is 18.3 Å². The average molecular weight is 235 g/mol. The van der Waals surface area contributed by atoms with Gasteiger partial charge < -0.3 is 10.4 Å². The number of rotatable bonds is 1. The zero-order chi connectivity index (χ0) is 12.7. The summed E-state index contributed by atoms with van der Waals surface area (Å²) in [6.45, 7) is 6.29. The minimum Gasteiger partial charge on any atom is -0.465 e. The molecule has 0 aromatic carbocycles. The Morgan fingerprint density at radius 3 is 2.71 bits per heavy atom. The van der Waals surface area contributed by atoms with Crippen LogP contribution in [0.2, 0.25) is 0 Å². The fourth-order valence-corrected chi connectivity index (χ4v) is 2.50. The Bertz CT molecular complexity index is 485. The van der Waals surface area contributed by atoms with Crippen LogP contribution in [0.5, 0.6) is 0 Å². The van der Waals surface area contributed by atoms with Crippen LogP contribution in [-0.4, -0.2) is 28.1 Å². The van der Waals surface area contributed by atoms with Gasteiger partial charge in [0.2, 0.25) is 0 Å². The van der Waals surface area contributed by atoms with Crippen LogP contribution in [0.4, 0.5) is 10.6 Å². The maximum absolute atomic E-state index is 11.2. The van der Waals surface area contributed by atoms with E-state index in [1.54, 1.807) is 0 Å². The van der Waals surface area contributed by atoms with Crippen molar-refractivity contribution in [1.29, 1.82) is 0 Å². The highest BCUT2D eigenvalue weighted by Crippen LogP contribution is 2.39. The smallest absolute Gasteiger partial charge is 0.408 e. The normalized spacial score (nSPS) is 18.1. The van der Waals surface area contributed by atoms with Crippen molar-refractivity contribution in [3.63, 3.8) is 0 Å². The number of carboxylic acid groups (broad SMARTS) is 1. The molecule has 0 saturated carbocycles. The third kappa shape index (κ3) is 1.62. The summed E-state index contributed by atoms with van der Waals surface area (Å²) in [7, 11) is 1.81.